The third-order valence-corrected chi connectivity index (χ3v) is 4.43. The Morgan fingerprint density at radius 1 is 1.35 bits per heavy atom. The lowest BCUT2D eigenvalue weighted by Gasteiger charge is -2.20. The number of likely N-dealkylation sites (tertiary alicyclic amines) is 1. The first kappa shape index (κ1) is 15.8. The van der Waals surface area contributed by atoms with E-state index in [0.717, 1.165) is 31.6 Å². The molecule has 1 atom stereocenters. The van der Waals surface area contributed by atoms with Crippen molar-refractivity contribution in [3.8, 4) is 0 Å². The van der Waals surface area contributed by atoms with Gasteiger partial charge in [0.1, 0.15) is 0 Å². The van der Waals surface area contributed by atoms with E-state index in [2.05, 4.69) is 39.2 Å². The number of benzene rings is 1. The third kappa shape index (κ3) is 3.80. The topological polar surface area (TPSA) is 84.2 Å². The highest BCUT2D eigenvalue weighted by Gasteiger charge is 2.23. The smallest absolute Gasteiger partial charge is 0.323 e. The summed E-state index contributed by atoms with van der Waals surface area (Å²) >= 11 is 0. The lowest BCUT2D eigenvalue weighted by atomic mass is 10.2. The number of likely N-dealkylation sites (N-methyl/N-ethyl adjacent to an activating group) is 1. The molecule has 124 valence electrons. The predicted octanol–water partition coefficient (Wildman–Crippen LogP) is 0.821. The zero-order valence-electron chi connectivity index (χ0n) is 13.6. The van der Waals surface area contributed by atoms with Gasteiger partial charge in [0.2, 0.25) is 5.91 Å². The average molecular weight is 317 g/mol. The molecule has 1 amide bonds. The van der Waals surface area contributed by atoms with Crippen LogP contribution in [0.3, 0.4) is 0 Å². The number of hydrogen-bond acceptors (Lipinski definition) is 4. The van der Waals surface area contributed by atoms with Gasteiger partial charge in [-0.25, -0.2) is 4.79 Å². The normalized spacial score (nSPS) is 18.8. The molecular formula is C16H23N5O2. The van der Waals surface area contributed by atoms with Crippen molar-refractivity contribution in [1.29, 1.82) is 0 Å². The molecule has 1 fully saturated rings. The second kappa shape index (κ2) is 6.55. The number of H-pyrrole nitrogens is 2. The maximum atomic E-state index is 12.1. The number of imidazole rings is 1. The van der Waals surface area contributed by atoms with Crippen molar-refractivity contribution in [2.75, 3.05) is 39.0 Å². The lowest BCUT2D eigenvalue weighted by Crippen LogP contribution is -2.32. The summed E-state index contributed by atoms with van der Waals surface area (Å²) in [7, 11) is 4.20. The first-order valence-corrected chi connectivity index (χ1v) is 7.92. The van der Waals surface area contributed by atoms with Crippen LogP contribution >= 0.6 is 0 Å². The minimum atomic E-state index is -0.243. The molecule has 0 radical (unpaired) electrons. The summed E-state index contributed by atoms with van der Waals surface area (Å²) in [6.45, 7) is 2.85. The van der Waals surface area contributed by atoms with Crippen molar-refractivity contribution in [1.82, 2.24) is 19.8 Å². The first-order chi connectivity index (χ1) is 11.0. The summed E-state index contributed by atoms with van der Waals surface area (Å²) in [5.74, 6) is -0.00413. The van der Waals surface area contributed by atoms with Gasteiger partial charge in [0.15, 0.2) is 0 Å². The molecule has 0 aliphatic carbocycles. The minimum Gasteiger partial charge on any atom is -0.326 e. The fraction of sp³-hybridized carbons (Fsp3) is 0.500. The molecule has 0 saturated carbocycles. The van der Waals surface area contributed by atoms with Gasteiger partial charge in [-0.15, -0.1) is 0 Å². The molecule has 3 rings (SSSR count). The molecule has 3 N–H and O–H groups in total. The van der Waals surface area contributed by atoms with E-state index in [4.69, 9.17) is 0 Å². The molecule has 23 heavy (non-hydrogen) atoms. The van der Waals surface area contributed by atoms with E-state index in [0.29, 0.717) is 23.7 Å². The van der Waals surface area contributed by atoms with Crippen LogP contribution in [0.25, 0.3) is 11.0 Å². The van der Waals surface area contributed by atoms with Gasteiger partial charge in [0.25, 0.3) is 0 Å². The largest absolute Gasteiger partial charge is 0.326 e. The number of fused-ring (bicyclic) bond motifs is 1. The second-order valence-electron chi connectivity index (χ2n) is 6.34. The van der Waals surface area contributed by atoms with E-state index >= 15 is 0 Å². The molecule has 1 aliphatic rings. The summed E-state index contributed by atoms with van der Waals surface area (Å²) in [5, 5.41) is 2.89. The average Bonchev–Trinajstić information content (AvgIpc) is 3.10. The van der Waals surface area contributed by atoms with Gasteiger partial charge in [-0.1, -0.05) is 0 Å². The Morgan fingerprint density at radius 3 is 2.87 bits per heavy atom. The number of carbonyl (C=O) groups excluding carboxylic acids is 1. The number of carbonyl (C=O) groups is 1. The molecule has 7 heteroatoms. The number of aromatic amines is 2. The highest BCUT2D eigenvalue weighted by atomic mass is 16.1. The van der Waals surface area contributed by atoms with Crippen molar-refractivity contribution in [2.24, 2.45) is 0 Å². The standard InChI is InChI=1S/C16H23N5O2/c1-20(2)12-5-7-21(10-12)8-6-15(22)17-11-3-4-13-14(9-11)19-16(23)18-13/h3-4,9,12H,5-8,10H2,1-2H3,(H,17,22)(H2,18,19,23). The molecule has 1 aromatic heterocycles. The van der Waals surface area contributed by atoms with Crippen molar-refractivity contribution in [3.63, 3.8) is 0 Å². The number of anilines is 1. The fourth-order valence-corrected chi connectivity index (χ4v) is 3.03. The van der Waals surface area contributed by atoms with Crippen LogP contribution in [0.1, 0.15) is 12.8 Å². The third-order valence-electron chi connectivity index (χ3n) is 4.43. The monoisotopic (exact) mass is 317 g/mol. The van der Waals surface area contributed by atoms with Gasteiger partial charge >= 0.3 is 5.69 Å². The van der Waals surface area contributed by atoms with Crippen LogP contribution in [-0.2, 0) is 4.79 Å². The molecule has 1 aliphatic heterocycles. The van der Waals surface area contributed by atoms with Crippen molar-refractivity contribution in [2.45, 2.75) is 18.9 Å². The molecule has 1 saturated heterocycles. The number of rotatable bonds is 5. The van der Waals surface area contributed by atoms with E-state index in [1.165, 1.54) is 0 Å². The van der Waals surface area contributed by atoms with Gasteiger partial charge in [-0.2, -0.15) is 0 Å². The van der Waals surface area contributed by atoms with Crippen LogP contribution in [0.4, 0.5) is 5.69 Å². The summed E-state index contributed by atoms with van der Waals surface area (Å²) in [6.07, 6.45) is 1.63. The molecule has 2 heterocycles. The summed E-state index contributed by atoms with van der Waals surface area (Å²) < 4.78 is 0. The fourth-order valence-electron chi connectivity index (χ4n) is 3.03. The maximum absolute atomic E-state index is 12.1. The molecule has 2 aromatic rings. The SMILES string of the molecule is CN(C)C1CCN(CCC(=O)Nc2ccc3[nH]c(=O)[nH]c3c2)C1. The van der Waals surface area contributed by atoms with Crippen LogP contribution in [0, 0.1) is 0 Å². The van der Waals surface area contributed by atoms with Crippen molar-refractivity contribution in [3.05, 3.63) is 28.7 Å². The molecule has 1 aromatic carbocycles. The molecule has 0 bridgehead atoms. The van der Waals surface area contributed by atoms with Crippen LogP contribution in [0.2, 0.25) is 0 Å². The zero-order chi connectivity index (χ0) is 16.4. The van der Waals surface area contributed by atoms with Crippen molar-refractivity contribution < 1.29 is 4.79 Å². The number of nitrogens with one attached hydrogen (secondary N) is 3. The van der Waals surface area contributed by atoms with Crippen LogP contribution < -0.4 is 11.0 Å². The number of nitrogens with zero attached hydrogens (tertiary/aromatic N) is 2. The summed E-state index contributed by atoms with van der Waals surface area (Å²) in [4.78, 5) is 33.3. The first-order valence-electron chi connectivity index (χ1n) is 7.92. The van der Waals surface area contributed by atoms with E-state index in [1.54, 1.807) is 18.2 Å². The van der Waals surface area contributed by atoms with Gasteiger partial charge in [-0.3, -0.25) is 4.79 Å². The van der Waals surface area contributed by atoms with Crippen LogP contribution in [0.5, 0.6) is 0 Å². The Balaban J connectivity index is 1.51. The minimum absolute atomic E-state index is 0.00413. The van der Waals surface area contributed by atoms with Gasteiger partial charge in [0.05, 0.1) is 11.0 Å². The van der Waals surface area contributed by atoms with Crippen molar-refractivity contribution >= 4 is 22.6 Å². The van der Waals surface area contributed by atoms with E-state index in [9.17, 15) is 9.59 Å². The second-order valence-corrected chi connectivity index (χ2v) is 6.34. The Morgan fingerprint density at radius 2 is 2.13 bits per heavy atom. The lowest BCUT2D eigenvalue weighted by molar-refractivity contribution is -0.116. The Hall–Kier alpha value is -2.12. The maximum Gasteiger partial charge on any atom is 0.323 e. The Bertz CT molecular complexity index is 748. The van der Waals surface area contributed by atoms with E-state index in [-0.39, 0.29) is 11.6 Å². The van der Waals surface area contributed by atoms with Crippen LogP contribution in [0.15, 0.2) is 23.0 Å². The molecule has 7 nitrogen and oxygen atoms in total. The van der Waals surface area contributed by atoms with Gasteiger partial charge in [0, 0.05) is 31.2 Å². The number of aromatic nitrogens is 2. The van der Waals surface area contributed by atoms with Gasteiger partial charge < -0.3 is 25.1 Å². The molecule has 1 unspecified atom stereocenters. The summed E-state index contributed by atoms with van der Waals surface area (Å²) in [5.41, 5.74) is 1.89. The molecular weight excluding hydrogens is 294 g/mol. The quantitative estimate of drug-likeness (QED) is 0.762. The van der Waals surface area contributed by atoms with Gasteiger partial charge in [-0.05, 0) is 45.3 Å². The number of hydrogen-bond donors (Lipinski definition) is 3. The van der Waals surface area contributed by atoms with E-state index < -0.39 is 0 Å². The highest BCUT2D eigenvalue weighted by molar-refractivity contribution is 5.93. The predicted molar refractivity (Wildman–Crippen MR) is 90.7 cm³/mol. The highest BCUT2D eigenvalue weighted by Crippen LogP contribution is 2.16. The summed E-state index contributed by atoms with van der Waals surface area (Å²) in [6, 6.07) is 5.93. The Labute approximate surface area is 134 Å². The molecule has 0 spiro atoms. The zero-order valence-corrected chi connectivity index (χ0v) is 13.6. The van der Waals surface area contributed by atoms with Crippen LogP contribution in [-0.4, -0.2) is 65.4 Å². The Kier molecular flexibility index (Phi) is 4.49. The van der Waals surface area contributed by atoms with E-state index in [1.807, 2.05) is 0 Å². The number of amides is 1.